The van der Waals surface area contributed by atoms with Crippen molar-refractivity contribution in [2.24, 2.45) is 0 Å². The van der Waals surface area contributed by atoms with Gasteiger partial charge in [0.1, 0.15) is 0 Å². The zero-order valence-corrected chi connectivity index (χ0v) is 26.6. The van der Waals surface area contributed by atoms with Gasteiger partial charge in [-0.25, -0.2) is 0 Å². The predicted molar refractivity (Wildman–Crippen MR) is 159 cm³/mol. The fourth-order valence-corrected chi connectivity index (χ4v) is 5.14. The number of hydrogen-bond acceptors (Lipinski definition) is 15. The van der Waals surface area contributed by atoms with Gasteiger partial charge in [-0.3, -0.25) is 38.8 Å². The van der Waals surface area contributed by atoms with E-state index in [0.29, 0.717) is 30.5 Å². The highest BCUT2D eigenvalue weighted by atomic mass is 16.4. The van der Waals surface area contributed by atoms with Crippen molar-refractivity contribution in [2.75, 3.05) is 64.2 Å². The lowest BCUT2D eigenvalue weighted by Gasteiger charge is -2.37. The summed E-state index contributed by atoms with van der Waals surface area (Å²) >= 11 is 0. The quantitative estimate of drug-likeness (QED) is 0.0715. The van der Waals surface area contributed by atoms with Crippen molar-refractivity contribution < 1.29 is 63.9 Å². The van der Waals surface area contributed by atoms with Crippen LogP contribution in [0.4, 0.5) is 5.69 Å². The molecule has 0 fully saturated rings. The maximum Gasteiger partial charge on any atom is 0.317 e. The van der Waals surface area contributed by atoms with Crippen LogP contribution in [-0.2, 0) is 44.8 Å². The highest BCUT2D eigenvalue weighted by Crippen LogP contribution is 2.16. The van der Waals surface area contributed by atoms with Gasteiger partial charge in [0.25, 0.3) is 11.8 Å². The molecule has 0 aromatic heterocycles. The average Bonchev–Trinajstić information content (AvgIpc) is 3.30. The third-order valence-corrected chi connectivity index (χ3v) is 7.34. The molecular formula is C31H37N5O13-4. The van der Waals surface area contributed by atoms with Crippen molar-refractivity contribution in [1.82, 2.24) is 19.6 Å². The second-order valence-corrected chi connectivity index (χ2v) is 11.3. The van der Waals surface area contributed by atoms with Gasteiger partial charge in [0, 0.05) is 82.7 Å². The third kappa shape index (κ3) is 16.0. The molecule has 0 spiro atoms. The molecule has 1 atom stereocenters. The summed E-state index contributed by atoms with van der Waals surface area (Å²) in [4.78, 5) is 96.7. The van der Waals surface area contributed by atoms with E-state index in [1.807, 2.05) is 0 Å². The Labute approximate surface area is 281 Å². The van der Waals surface area contributed by atoms with Crippen LogP contribution in [0.2, 0.25) is 0 Å². The number of carbonyl (C=O) groups excluding carboxylic acids is 7. The zero-order chi connectivity index (χ0) is 36.5. The maximum atomic E-state index is 12.4. The SMILES string of the molecule is O=C([O-])CN(CCN(CC(=O)[O-])C[C@@H](Cc1ccc(NC(=O)CCCCCN2C(=O)C=CC2=O)cc1)N(CC(=O)[O-])CC(=O)[O-])CC(=O)O. The standard InChI is InChI=1S/C31H41N5O13/c37-24(4-2-1-3-11-36-25(38)9-10-26(36)39)32-22-7-5-21(6-8-22)14-23(35(19-30(46)47)20-31(48)49)15-33(16-27(40)41)12-13-34(17-28(42)43)18-29(44)45/h5-10,23H,1-4,11-20H2,(H,32,37)(H,40,41)(H,42,43)(H,44,45)(H,46,47)(H,48,49)/p-4/t23-/m1/s1. The molecule has 0 radical (unpaired) electrons. The number of imide groups is 1. The van der Waals surface area contributed by atoms with Crippen LogP contribution in [0.5, 0.6) is 0 Å². The summed E-state index contributed by atoms with van der Waals surface area (Å²) in [5, 5.41) is 57.4. The lowest BCUT2D eigenvalue weighted by atomic mass is 10.0. The molecule has 49 heavy (non-hydrogen) atoms. The summed E-state index contributed by atoms with van der Waals surface area (Å²) in [5.41, 5.74) is 0.971. The van der Waals surface area contributed by atoms with Crippen molar-refractivity contribution in [3.63, 3.8) is 0 Å². The van der Waals surface area contributed by atoms with E-state index in [9.17, 15) is 58.8 Å². The van der Waals surface area contributed by atoms with Gasteiger partial charge in [0.15, 0.2) is 0 Å². The number of nitrogens with one attached hydrogen (secondary N) is 1. The predicted octanol–water partition coefficient (Wildman–Crippen LogP) is -5.99. The number of nitrogens with zero attached hydrogens (tertiary/aromatic N) is 4. The Kier molecular flexibility index (Phi) is 16.5. The highest BCUT2D eigenvalue weighted by molar-refractivity contribution is 6.12. The van der Waals surface area contributed by atoms with Crippen LogP contribution in [0.15, 0.2) is 36.4 Å². The molecule has 18 nitrogen and oxygen atoms in total. The van der Waals surface area contributed by atoms with Crippen LogP contribution in [0.3, 0.4) is 0 Å². The molecule has 2 rings (SSSR count). The van der Waals surface area contributed by atoms with Crippen LogP contribution in [-0.4, -0.2) is 137 Å². The number of aliphatic carboxylic acids is 5. The number of hydrogen-bond donors (Lipinski definition) is 2. The van der Waals surface area contributed by atoms with Crippen molar-refractivity contribution in [3.05, 3.63) is 42.0 Å². The molecule has 0 unspecified atom stereocenters. The molecule has 0 saturated carbocycles. The molecular weight excluding hydrogens is 650 g/mol. The Bertz CT molecular complexity index is 1350. The minimum Gasteiger partial charge on any atom is -0.549 e. The Balaban J connectivity index is 2.09. The van der Waals surface area contributed by atoms with E-state index in [1.165, 1.54) is 17.1 Å². The molecule has 2 N–H and O–H groups in total. The Morgan fingerprint density at radius 1 is 0.714 bits per heavy atom. The highest BCUT2D eigenvalue weighted by Gasteiger charge is 2.24. The first-order chi connectivity index (χ1) is 23.1. The van der Waals surface area contributed by atoms with Gasteiger partial charge in [-0.15, -0.1) is 0 Å². The number of rotatable bonds is 25. The first kappa shape index (κ1) is 40.0. The molecule has 0 bridgehead atoms. The molecule has 0 aliphatic carbocycles. The van der Waals surface area contributed by atoms with Gasteiger partial charge in [-0.2, -0.15) is 0 Å². The molecule has 1 aromatic carbocycles. The Hall–Kier alpha value is -5.20. The van der Waals surface area contributed by atoms with E-state index >= 15 is 0 Å². The average molecular weight is 688 g/mol. The molecule has 3 amide bonds. The fourth-order valence-electron chi connectivity index (χ4n) is 5.14. The molecule has 1 aliphatic heterocycles. The molecule has 1 heterocycles. The normalized spacial score (nSPS) is 13.3. The van der Waals surface area contributed by atoms with Crippen LogP contribution < -0.4 is 25.7 Å². The monoisotopic (exact) mass is 687 g/mol. The summed E-state index contributed by atoms with van der Waals surface area (Å²) in [6.07, 6.45) is 4.20. The van der Waals surface area contributed by atoms with Crippen molar-refractivity contribution in [1.29, 1.82) is 0 Å². The van der Waals surface area contributed by atoms with Crippen molar-refractivity contribution >= 4 is 53.3 Å². The second-order valence-electron chi connectivity index (χ2n) is 11.3. The number of carbonyl (C=O) groups is 8. The topological polar surface area (TPSA) is 274 Å². The van der Waals surface area contributed by atoms with Crippen LogP contribution in [0.1, 0.15) is 31.2 Å². The smallest absolute Gasteiger partial charge is 0.317 e. The number of carboxylic acids is 5. The van der Waals surface area contributed by atoms with Crippen LogP contribution >= 0.6 is 0 Å². The van der Waals surface area contributed by atoms with Gasteiger partial charge in [0.05, 0.1) is 30.4 Å². The second kappa shape index (κ2) is 20.2. The van der Waals surface area contributed by atoms with Crippen molar-refractivity contribution in [3.8, 4) is 0 Å². The first-order valence-electron chi connectivity index (χ1n) is 15.2. The van der Waals surface area contributed by atoms with E-state index in [1.54, 1.807) is 24.3 Å². The number of amides is 3. The summed E-state index contributed by atoms with van der Waals surface area (Å²) in [6.45, 7) is -4.37. The Morgan fingerprint density at radius 3 is 1.78 bits per heavy atom. The fraction of sp³-hybridized carbons (Fsp3) is 0.484. The van der Waals surface area contributed by atoms with Crippen LogP contribution in [0.25, 0.3) is 0 Å². The Morgan fingerprint density at radius 2 is 1.24 bits per heavy atom. The van der Waals surface area contributed by atoms with Gasteiger partial charge in [0.2, 0.25) is 5.91 Å². The zero-order valence-electron chi connectivity index (χ0n) is 26.6. The van der Waals surface area contributed by atoms with E-state index in [4.69, 9.17) is 5.11 Å². The minimum atomic E-state index is -1.62. The summed E-state index contributed by atoms with van der Waals surface area (Å²) < 4.78 is 0. The summed E-state index contributed by atoms with van der Waals surface area (Å²) in [5.74, 6) is -8.72. The molecule has 1 aliphatic rings. The number of benzene rings is 1. The van der Waals surface area contributed by atoms with E-state index in [0.717, 1.165) is 14.7 Å². The van der Waals surface area contributed by atoms with Gasteiger partial charge in [-0.1, -0.05) is 18.6 Å². The maximum absolute atomic E-state index is 12.4. The number of anilines is 1. The first-order valence-corrected chi connectivity index (χ1v) is 15.2. The van der Waals surface area contributed by atoms with E-state index < -0.39 is 68.6 Å². The van der Waals surface area contributed by atoms with E-state index in [-0.39, 0.29) is 56.7 Å². The van der Waals surface area contributed by atoms with Gasteiger partial charge < -0.3 is 50.0 Å². The lowest BCUT2D eigenvalue weighted by molar-refractivity contribution is -0.312. The van der Waals surface area contributed by atoms with E-state index in [2.05, 4.69) is 5.32 Å². The largest absolute Gasteiger partial charge is 0.549 e. The van der Waals surface area contributed by atoms with Crippen molar-refractivity contribution in [2.45, 2.75) is 38.1 Å². The van der Waals surface area contributed by atoms with Gasteiger partial charge in [-0.05, 0) is 37.0 Å². The third-order valence-electron chi connectivity index (χ3n) is 7.34. The number of unbranched alkanes of at least 4 members (excludes halogenated alkanes) is 2. The van der Waals surface area contributed by atoms with Gasteiger partial charge >= 0.3 is 5.97 Å². The summed E-state index contributed by atoms with van der Waals surface area (Å²) in [7, 11) is 0. The lowest BCUT2D eigenvalue weighted by Crippen LogP contribution is -2.55. The number of carboxylic acid groups (broad SMARTS) is 5. The minimum absolute atomic E-state index is 0.0201. The molecule has 0 saturated heterocycles. The molecule has 268 valence electrons. The van der Waals surface area contributed by atoms with Crippen LogP contribution in [0, 0.1) is 0 Å². The summed E-state index contributed by atoms with van der Waals surface area (Å²) in [6, 6.07) is 5.33. The molecule has 1 aromatic rings. The molecule has 18 heteroatoms.